The lowest BCUT2D eigenvalue weighted by atomic mass is 9.76. The van der Waals surface area contributed by atoms with Gasteiger partial charge in [-0.05, 0) is 30.2 Å². The Morgan fingerprint density at radius 2 is 2.19 bits per heavy atom. The maximum absolute atomic E-state index is 6.14. The number of ether oxygens (including phenoxy) is 2. The molecule has 0 unspecified atom stereocenters. The zero-order chi connectivity index (χ0) is 11.8. The molecule has 2 rings (SSSR count). The SMILES string of the molecule is COc1cc(C)c(C2(CN)COC2)cc1Cl. The van der Waals surface area contributed by atoms with Crippen molar-refractivity contribution in [3.8, 4) is 5.75 Å². The van der Waals surface area contributed by atoms with Crippen LogP contribution in [0.4, 0.5) is 0 Å². The molecule has 2 N–H and O–H groups in total. The fourth-order valence-corrected chi connectivity index (χ4v) is 2.36. The van der Waals surface area contributed by atoms with E-state index < -0.39 is 0 Å². The first kappa shape index (κ1) is 11.7. The van der Waals surface area contributed by atoms with E-state index >= 15 is 0 Å². The van der Waals surface area contributed by atoms with Crippen molar-refractivity contribution < 1.29 is 9.47 Å². The summed E-state index contributed by atoms with van der Waals surface area (Å²) in [5.74, 6) is 0.704. The quantitative estimate of drug-likeness (QED) is 0.879. The highest BCUT2D eigenvalue weighted by Crippen LogP contribution is 2.38. The molecule has 0 aromatic heterocycles. The second kappa shape index (κ2) is 4.24. The molecule has 1 saturated heterocycles. The number of methoxy groups -OCH3 is 1. The Morgan fingerprint density at radius 3 is 2.62 bits per heavy atom. The summed E-state index contributed by atoms with van der Waals surface area (Å²) in [4.78, 5) is 0. The lowest BCUT2D eigenvalue weighted by Crippen LogP contribution is -2.52. The molecule has 0 bridgehead atoms. The number of hydrogen-bond acceptors (Lipinski definition) is 3. The van der Waals surface area contributed by atoms with Crippen molar-refractivity contribution in [1.82, 2.24) is 0 Å². The second-order valence-electron chi connectivity index (χ2n) is 4.28. The fourth-order valence-electron chi connectivity index (χ4n) is 2.11. The number of aryl methyl sites for hydroxylation is 1. The van der Waals surface area contributed by atoms with Crippen LogP contribution in [-0.2, 0) is 10.2 Å². The van der Waals surface area contributed by atoms with Gasteiger partial charge in [-0.25, -0.2) is 0 Å². The van der Waals surface area contributed by atoms with E-state index in [-0.39, 0.29) is 5.41 Å². The number of halogens is 1. The van der Waals surface area contributed by atoms with Crippen molar-refractivity contribution in [3.63, 3.8) is 0 Å². The standard InChI is InChI=1S/C12H16ClNO2/c1-8-3-11(15-2)10(13)4-9(8)12(5-14)6-16-7-12/h3-4H,5-7,14H2,1-2H3. The molecule has 1 aliphatic rings. The Labute approximate surface area is 100 Å². The van der Waals surface area contributed by atoms with E-state index in [9.17, 15) is 0 Å². The number of rotatable bonds is 3. The van der Waals surface area contributed by atoms with E-state index in [1.54, 1.807) is 7.11 Å². The van der Waals surface area contributed by atoms with Crippen LogP contribution < -0.4 is 10.5 Å². The molecule has 0 amide bonds. The normalized spacial score (nSPS) is 18.0. The molecule has 1 aliphatic heterocycles. The summed E-state index contributed by atoms with van der Waals surface area (Å²) < 4.78 is 10.5. The molecular weight excluding hydrogens is 226 g/mol. The van der Waals surface area contributed by atoms with E-state index in [2.05, 4.69) is 0 Å². The Balaban J connectivity index is 2.45. The molecule has 88 valence electrons. The first-order chi connectivity index (χ1) is 7.63. The van der Waals surface area contributed by atoms with Gasteiger partial charge in [0.05, 0.1) is 30.8 Å². The number of nitrogens with two attached hydrogens (primary N) is 1. The Morgan fingerprint density at radius 1 is 1.50 bits per heavy atom. The predicted octanol–water partition coefficient (Wildman–Crippen LogP) is 1.88. The molecule has 1 aromatic carbocycles. The van der Waals surface area contributed by atoms with Crippen LogP contribution in [0, 0.1) is 6.92 Å². The first-order valence-electron chi connectivity index (χ1n) is 5.25. The Kier molecular flexibility index (Phi) is 3.10. The van der Waals surface area contributed by atoms with Crippen LogP contribution in [0.2, 0.25) is 5.02 Å². The van der Waals surface area contributed by atoms with Crippen molar-refractivity contribution in [2.24, 2.45) is 5.73 Å². The van der Waals surface area contributed by atoms with Crippen molar-refractivity contribution in [2.75, 3.05) is 26.9 Å². The second-order valence-corrected chi connectivity index (χ2v) is 4.69. The van der Waals surface area contributed by atoms with Crippen LogP contribution in [0.5, 0.6) is 5.75 Å². The van der Waals surface area contributed by atoms with E-state index in [4.69, 9.17) is 26.8 Å². The van der Waals surface area contributed by atoms with Crippen molar-refractivity contribution in [3.05, 3.63) is 28.3 Å². The molecular formula is C12H16ClNO2. The van der Waals surface area contributed by atoms with Gasteiger partial charge in [-0.1, -0.05) is 11.6 Å². The number of benzene rings is 1. The van der Waals surface area contributed by atoms with Gasteiger partial charge in [0.1, 0.15) is 5.75 Å². The molecule has 3 nitrogen and oxygen atoms in total. The molecule has 0 spiro atoms. The lowest BCUT2D eigenvalue weighted by Gasteiger charge is -2.42. The summed E-state index contributed by atoms with van der Waals surface area (Å²) in [7, 11) is 1.62. The summed E-state index contributed by atoms with van der Waals surface area (Å²) in [6.07, 6.45) is 0. The average molecular weight is 242 g/mol. The van der Waals surface area contributed by atoms with Gasteiger partial charge in [-0.3, -0.25) is 0 Å². The van der Waals surface area contributed by atoms with Crippen LogP contribution in [0.3, 0.4) is 0 Å². The van der Waals surface area contributed by atoms with Crippen molar-refractivity contribution >= 4 is 11.6 Å². The van der Waals surface area contributed by atoms with Crippen LogP contribution in [0.15, 0.2) is 12.1 Å². The maximum atomic E-state index is 6.14. The topological polar surface area (TPSA) is 44.5 Å². The minimum atomic E-state index is -0.0556. The van der Waals surface area contributed by atoms with Crippen LogP contribution in [-0.4, -0.2) is 26.9 Å². The smallest absolute Gasteiger partial charge is 0.137 e. The Hall–Kier alpha value is -0.770. The van der Waals surface area contributed by atoms with Gasteiger partial charge in [-0.2, -0.15) is 0 Å². The summed E-state index contributed by atoms with van der Waals surface area (Å²) in [6, 6.07) is 3.90. The average Bonchev–Trinajstić information content (AvgIpc) is 2.22. The van der Waals surface area contributed by atoms with Crippen molar-refractivity contribution in [2.45, 2.75) is 12.3 Å². The maximum Gasteiger partial charge on any atom is 0.137 e. The summed E-state index contributed by atoms with van der Waals surface area (Å²) >= 11 is 6.14. The van der Waals surface area contributed by atoms with Gasteiger partial charge in [0.15, 0.2) is 0 Å². The highest BCUT2D eigenvalue weighted by molar-refractivity contribution is 6.32. The van der Waals surface area contributed by atoms with Crippen LogP contribution in [0.25, 0.3) is 0 Å². The van der Waals surface area contributed by atoms with Gasteiger partial charge in [-0.15, -0.1) is 0 Å². The molecule has 16 heavy (non-hydrogen) atoms. The highest BCUT2D eigenvalue weighted by Gasteiger charge is 2.40. The van der Waals surface area contributed by atoms with E-state index in [1.165, 1.54) is 5.56 Å². The minimum Gasteiger partial charge on any atom is -0.495 e. The van der Waals surface area contributed by atoms with E-state index in [1.807, 2.05) is 19.1 Å². The molecule has 1 fully saturated rings. The molecule has 0 saturated carbocycles. The molecule has 0 atom stereocenters. The van der Waals surface area contributed by atoms with Gasteiger partial charge >= 0.3 is 0 Å². The number of hydrogen-bond donors (Lipinski definition) is 1. The van der Waals surface area contributed by atoms with Crippen LogP contribution in [0.1, 0.15) is 11.1 Å². The van der Waals surface area contributed by atoms with Gasteiger partial charge in [0.25, 0.3) is 0 Å². The summed E-state index contributed by atoms with van der Waals surface area (Å²) in [6.45, 7) is 3.97. The van der Waals surface area contributed by atoms with Gasteiger partial charge < -0.3 is 15.2 Å². The molecule has 0 aliphatic carbocycles. The first-order valence-corrected chi connectivity index (χ1v) is 5.63. The zero-order valence-electron chi connectivity index (χ0n) is 9.55. The highest BCUT2D eigenvalue weighted by atomic mass is 35.5. The van der Waals surface area contributed by atoms with Crippen molar-refractivity contribution in [1.29, 1.82) is 0 Å². The van der Waals surface area contributed by atoms with Gasteiger partial charge in [0.2, 0.25) is 0 Å². The third kappa shape index (κ3) is 1.69. The molecule has 4 heteroatoms. The summed E-state index contributed by atoms with van der Waals surface area (Å²) in [5.41, 5.74) is 8.10. The molecule has 1 aromatic rings. The third-order valence-corrected chi connectivity index (χ3v) is 3.51. The summed E-state index contributed by atoms with van der Waals surface area (Å²) in [5, 5.41) is 0.628. The minimum absolute atomic E-state index is 0.0556. The Bertz CT molecular complexity index is 397. The molecule has 0 radical (unpaired) electrons. The zero-order valence-corrected chi connectivity index (χ0v) is 10.3. The monoisotopic (exact) mass is 241 g/mol. The lowest BCUT2D eigenvalue weighted by molar-refractivity contribution is -0.0553. The molecule has 1 heterocycles. The predicted molar refractivity (Wildman–Crippen MR) is 64.3 cm³/mol. The largest absolute Gasteiger partial charge is 0.495 e. The fraction of sp³-hybridized carbons (Fsp3) is 0.500. The van der Waals surface area contributed by atoms with E-state index in [0.717, 1.165) is 5.56 Å². The van der Waals surface area contributed by atoms with Gasteiger partial charge in [0, 0.05) is 6.54 Å². The van der Waals surface area contributed by atoms with E-state index in [0.29, 0.717) is 30.5 Å². The third-order valence-electron chi connectivity index (χ3n) is 3.22. The van der Waals surface area contributed by atoms with Crippen LogP contribution >= 0.6 is 11.6 Å².